The van der Waals surface area contributed by atoms with Gasteiger partial charge >= 0.3 is 5.97 Å². The van der Waals surface area contributed by atoms with Crippen LogP contribution in [0.25, 0.3) is 0 Å². The number of ether oxygens (including phenoxy) is 1. The van der Waals surface area contributed by atoms with Crippen LogP contribution in [0, 0.1) is 17.8 Å². The lowest BCUT2D eigenvalue weighted by Gasteiger charge is -2.26. The quantitative estimate of drug-likeness (QED) is 0.376. The number of methoxy groups -OCH3 is 1. The van der Waals surface area contributed by atoms with Crippen molar-refractivity contribution >= 4 is 23.5 Å². The van der Waals surface area contributed by atoms with E-state index >= 15 is 0 Å². The van der Waals surface area contributed by atoms with E-state index in [1.165, 1.54) is 13.2 Å². The zero-order valence-electron chi connectivity index (χ0n) is 14.7. The molecule has 0 spiro atoms. The highest BCUT2D eigenvalue weighted by Gasteiger charge is 2.21. The van der Waals surface area contributed by atoms with Crippen LogP contribution in [0.5, 0.6) is 0 Å². The first-order valence-electron chi connectivity index (χ1n) is 8.45. The molecule has 1 aliphatic carbocycles. The molecule has 1 aliphatic rings. The average molecular weight is 354 g/mol. The van der Waals surface area contributed by atoms with Gasteiger partial charge in [0.2, 0.25) is 5.91 Å². The van der Waals surface area contributed by atoms with Crippen LogP contribution in [0.15, 0.2) is 36.9 Å². The Morgan fingerprint density at radius 3 is 2.38 bits per heavy atom. The second-order valence-corrected chi connectivity index (χ2v) is 6.05. The highest BCUT2D eigenvalue weighted by atomic mass is 16.5. The Bertz CT molecular complexity index is 735. The Balaban J connectivity index is 1.83. The van der Waals surface area contributed by atoms with Crippen LogP contribution < -0.4 is 10.6 Å². The summed E-state index contributed by atoms with van der Waals surface area (Å²) >= 11 is 0. The molecule has 1 aromatic carbocycles. The third kappa shape index (κ3) is 5.78. The Labute approximate surface area is 153 Å². The van der Waals surface area contributed by atoms with Gasteiger partial charge in [-0.05, 0) is 56.0 Å². The van der Waals surface area contributed by atoms with E-state index in [-0.39, 0.29) is 23.8 Å². The van der Waals surface area contributed by atoms with Gasteiger partial charge in [0.15, 0.2) is 0 Å². The van der Waals surface area contributed by atoms with E-state index in [2.05, 4.69) is 33.8 Å². The summed E-state index contributed by atoms with van der Waals surface area (Å²) < 4.78 is 4.50. The maximum absolute atomic E-state index is 12.3. The van der Waals surface area contributed by atoms with Crippen molar-refractivity contribution < 1.29 is 19.1 Å². The number of hydrogen-bond acceptors (Lipinski definition) is 4. The predicted molar refractivity (Wildman–Crippen MR) is 98.3 cm³/mol. The summed E-state index contributed by atoms with van der Waals surface area (Å²) in [5, 5.41) is 5.65. The first-order valence-corrected chi connectivity index (χ1v) is 8.45. The minimum atomic E-state index is -0.520. The van der Waals surface area contributed by atoms with E-state index < -0.39 is 5.97 Å². The van der Waals surface area contributed by atoms with Gasteiger partial charge in [-0.15, -0.1) is 0 Å². The maximum Gasteiger partial charge on any atom is 0.384 e. The number of nitrogens with one attached hydrogen (secondary N) is 2. The van der Waals surface area contributed by atoms with Crippen LogP contribution in [0.1, 0.15) is 36.0 Å². The molecule has 2 N–H and O–H groups in total. The molecule has 0 bridgehead atoms. The highest BCUT2D eigenvalue weighted by molar-refractivity contribution is 5.99. The van der Waals surface area contributed by atoms with Crippen molar-refractivity contribution in [1.82, 2.24) is 5.32 Å². The third-order valence-electron chi connectivity index (χ3n) is 4.23. The lowest BCUT2D eigenvalue weighted by atomic mass is 9.86. The van der Waals surface area contributed by atoms with Gasteiger partial charge in [0, 0.05) is 29.1 Å². The molecule has 2 rings (SSSR count). The number of benzene rings is 1. The number of rotatable bonds is 4. The summed E-state index contributed by atoms with van der Waals surface area (Å²) in [7, 11) is 1.31. The summed E-state index contributed by atoms with van der Waals surface area (Å²) in [5.74, 6) is 4.60. The number of anilines is 1. The highest BCUT2D eigenvalue weighted by Crippen LogP contribution is 2.24. The molecule has 0 radical (unpaired) electrons. The fraction of sp³-hybridized carbons (Fsp3) is 0.350. The first-order chi connectivity index (χ1) is 12.5. The van der Waals surface area contributed by atoms with E-state index in [1.807, 2.05) is 0 Å². The lowest BCUT2D eigenvalue weighted by molar-refractivity contribution is -0.133. The van der Waals surface area contributed by atoms with Gasteiger partial charge < -0.3 is 15.4 Å². The van der Waals surface area contributed by atoms with Crippen molar-refractivity contribution in [2.75, 3.05) is 12.4 Å². The average Bonchev–Trinajstić information content (AvgIpc) is 2.67. The number of esters is 1. The Kier molecular flexibility index (Phi) is 6.98. The summed E-state index contributed by atoms with van der Waals surface area (Å²) in [6.45, 7) is 3.39. The molecule has 0 aliphatic heterocycles. The van der Waals surface area contributed by atoms with Crippen molar-refractivity contribution in [2.24, 2.45) is 5.92 Å². The Hall–Kier alpha value is -3.07. The number of carbonyl (C=O) groups is 3. The normalized spacial score (nSPS) is 18.7. The van der Waals surface area contributed by atoms with Crippen LogP contribution in [-0.2, 0) is 14.3 Å². The van der Waals surface area contributed by atoms with Crippen LogP contribution >= 0.6 is 0 Å². The molecule has 0 aromatic heterocycles. The van der Waals surface area contributed by atoms with Crippen LogP contribution in [0.2, 0.25) is 0 Å². The standard InChI is InChI=1S/C20H22N2O4/c1-3-18(23)21-16-11-7-15(8-12-16)20(25)22-17-9-4-14(5-10-17)6-13-19(24)26-2/h3,7-8,11-12,14,17H,1,4-5,9-10H2,2H3,(H,21,23)(H,22,25). The molecule has 0 unspecified atom stereocenters. The first kappa shape index (κ1) is 19.3. The second kappa shape index (κ2) is 9.42. The van der Waals surface area contributed by atoms with Gasteiger partial charge in [-0.25, -0.2) is 4.79 Å². The van der Waals surface area contributed by atoms with Crippen molar-refractivity contribution in [3.8, 4) is 11.8 Å². The zero-order chi connectivity index (χ0) is 18.9. The SMILES string of the molecule is C=CC(=O)Nc1ccc(C(=O)NC2CCC(C#CC(=O)OC)CC2)cc1. The molecule has 6 heteroatoms. The van der Waals surface area contributed by atoms with Crippen LogP contribution in [0.3, 0.4) is 0 Å². The summed E-state index contributed by atoms with van der Waals surface area (Å²) in [5.41, 5.74) is 1.14. The number of hydrogen-bond donors (Lipinski definition) is 2. The van der Waals surface area contributed by atoms with Gasteiger partial charge in [-0.3, -0.25) is 9.59 Å². The molecular formula is C20H22N2O4. The molecule has 136 valence electrons. The van der Waals surface area contributed by atoms with Gasteiger partial charge in [-0.2, -0.15) is 0 Å². The largest absolute Gasteiger partial charge is 0.459 e. The van der Waals surface area contributed by atoms with E-state index in [1.54, 1.807) is 24.3 Å². The van der Waals surface area contributed by atoms with E-state index in [0.29, 0.717) is 11.3 Å². The molecular weight excluding hydrogens is 332 g/mol. The summed E-state index contributed by atoms with van der Waals surface area (Å²) in [6.07, 6.45) is 4.49. The van der Waals surface area contributed by atoms with Crippen LogP contribution in [-0.4, -0.2) is 30.9 Å². The minimum absolute atomic E-state index is 0.0961. The molecule has 1 aromatic rings. The topological polar surface area (TPSA) is 84.5 Å². The van der Waals surface area contributed by atoms with Gasteiger partial charge in [0.05, 0.1) is 7.11 Å². The van der Waals surface area contributed by atoms with Crippen molar-refractivity contribution in [3.63, 3.8) is 0 Å². The third-order valence-corrected chi connectivity index (χ3v) is 4.23. The molecule has 1 saturated carbocycles. The second-order valence-electron chi connectivity index (χ2n) is 6.05. The number of carbonyl (C=O) groups excluding carboxylic acids is 3. The van der Waals surface area contributed by atoms with E-state index in [9.17, 15) is 14.4 Å². The smallest absolute Gasteiger partial charge is 0.384 e. The van der Waals surface area contributed by atoms with Crippen molar-refractivity contribution in [3.05, 3.63) is 42.5 Å². The molecule has 0 heterocycles. The molecule has 0 atom stereocenters. The maximum atomic E-state index is 12.3. The number of amides is 2. The molecule has 1 fully saturated rings. The van der Waals surface area contributed by atoms with Gasteiger partial charge in [-0.1, -0.05) is 12.5 Å². The van der Waals surface area contributed by atoms with E-state index in [4.69, 9.17) is 0 Å². The molecule has 26 heavy (non-hydrogen) atoms. The Morgan fingerprint density at radius 1 is 1.15 bits per heavy atom. The van der Waals surface area contributed by atoms with Gasteiger partial charge in [0.1, 0.15) is 0 Å². The lowest BCUT2D eigenvalue weighted by Crippen LogP contribution is -2.37. The summed E-state index contributed by atoms with van der Waals surface area (Å²) in [6, 6.07) is 6.78. The van der Waals surface area contributed by atoms with Crippen LogP contribution in [0.4, 0.5) is 5.69 Å². The fourth-order valence-corrected chi connectivity index (χ4v) is 2.76. The monoisotopic (exact) mass is 354 g/mol. The van der Waals surface area contributed by atoms with Crippen molar-refractivity contribution in [2.45, 2.75) is 31.7 Å². The molecule has 2 amide bonds. The van der Waals surface area contributed by atoms with Gasteiger partial charge in [0.25, 0.3) is 5.91 Å². The molecule has 6 nitrogen and oxygen atoms in total. The fourth-order valence-electron chi connectivity index (χ4n) is 2.76. The van der Waals surface area contributed by atoms with E-state index in [0.717, 1.165) is 25.7 Å². The minimum Gasteiger partial charge on any atom is -0.459 e. The summed E-state index contributed by atoms with van der Waals surface area (Å²) in [4.78, 5) is 34.6. The Morgan fingerprint density at radius 2 is 1.81 bits per heavy atom. The van der Waals surface area contributed by atoms with Crippen molar-refractivity contribution in [1.29, 1.82) is 0 Å². The predicted octanol–water partition coefficient (Wildman–Crippen LogP) is 2.28. The zero-order valence-corrected chi connectivity index (χ0v) is 14.7. The molecule has 0 saturated heterocycles.